The van der Waals surface area contributed by atoms with E-state index in [9.17, 15) is 9.59 Å². The molecule has 2 N–H and O–H groups in total. The Morgan fingerprint density at radius 2 is 2.00 bits per heavy atom. The summed E-state index contributed by atoms with van der Waals surface area (Å²) in [4.78, 5) is 28.5. The lowest BCUT2D eigenvalue weighted by Gasteiger charge is -2.11. The van der Waals surface area contributed by atoms with Gasteiger partial charge in [-0.2, -0.15) is 0 Å². The standard InChI is InChI=1S/C18H15N3O4/c1-10-19-13-7-6-11(8-16(13)25-10)20-17(22)18(23)21-14-9-24-15-5-3-2-4-12(14)15/h2-8,14H,9H2,1H3,(H,20,22)(H,21,23). The number of aryl methyl sites for hydroxylation is 1. The Bertz CT molecular complexity index is 979. The number of ether oxygens (including phenoxy) is 1. The van der Waals surface area contributed by atoms with E-state index in [-0.39, 0.29) is 6.04 Å². The van der Waals surface area contributed by atoms with Gasteiger partial charge in [-0.3, -0.25) is 9.59 Å². The highest BCUT2D eigenvalue weighted by atomic mass is 16.5. The van der Waals surface area contributed by atoms with Crippen molar-refractivity contribution < 1.29 is 18.7 Å². The van der Waals surface area contributed by atoms with Gasteiger partial charge < -0.3 is 19.8 Å². The number of rotatable bonds is 2. The first-order chi connectivity index (χ1) is 12.1. The Kier molecular flexibility index (Phi) is 3.61. The molecule has 0 aliphatic carbocycles. The van der Waals surface area contributed by atoms with Crippen LogP contribution in [0.15, 0.2) is 46.9 Å². The van der Waals surface area contributed by atoms with E-state index in [4.69, 9.17) is 9.15 Å². The molecule has 1 aromatic heterocycles. The fourth-order valence-corrected chi connectivity index (χ4v) is 2.81. The van der Waals surface area contributed by atoms with Crippen molar-refractivity contribution in [3.05, 3.63) is 53.9 Å². The number of carbonyl (C=O) groups is 2. The Labute approximate surface area is 143 Å². The van der Waals surface area contributed by atoms with Crippen molar-refractivity contribution in [3.8, 4) is 5.75 Å². The molecule has 1 unspecified atom stereocenters. The molecule has 0 radical (unpaired) electrons. The maximum absolute atomic E-state index is 12.2. The zero-order valence-electron chi connectivity index (χ0n) is 13.4. The van der Waals surface area contributed by atoms with Gasteiger partial charge in [-0.05, 0) is 18.2 Å². The molecule has 0 fully saturated rings. The van der Waals surface area contributed by atoms with Crippen LogP contribution in [0.4, 0.5) is 5.69 Å². The van der Waals surface area contributed by atoms with Crippen molar-refractivity contribution in [2.24, 2.45) is 0 Å². The molecule has 4 rings (SSSR count). The van der Waals surface area contributed by atoms with Gasteiger partial charge in [0.05, 0.1) is 6.04 Å². The first kappa shape index (κ1) is 15.2. The zero-order valence-corrected chi connectivity index (χ0v) is 13.4. The number of anilines is 1. The summed E-state index contributed by atoms with van der Waals surface area (Å²) in [6, 6.07) is 12.1. The number of nitrogens with one attached hydrogen (secondary N) is 2. The third-order valence-corrected chi connectivity index (χ3v) is 3.96. The van der Waals surface area contributed by atoms with Gasteiger partial charge in [0.1, 0.15) is 17.9 Å². The predicted octanol–water partition coefficient (Wildman–Crippen LogP) is 2.32. The molecule has 0 bridgehead atoms. The SMILES string of the molecule is Cc1nc2ccc(NC(=O)C(=O)NC3COc4ccccc43)cc2o1. The third-order valence-electron chi connectivity index (χ3n) is 3.96. The van der Waals surface area contributed by atoms with Crippen LogP contribution in [-0.2, 0) is 9.59 Å². The molecule has 2 amide bonds. The van der Waals surface area contributed by atoms with Crippen molar-refractivity contribution in [3.63, 3.8) is 0 Å². The highest BCUT2D eigenvalue weighted by Crippen LogP contribution is 2.31. The summed E-state index contributed by atoms with van der Waals surface area (Å²) < 4.78 is 10.9. The molecule has 0 saturated heterocycles. The van der Waals surface area contributed by atoms with Crippen LogP contribution in [0, 0.1) is 6.92 Å². The normalized spacial score (nSPS) is 15.5. The minimum absolute atomic E-state index is 0.307. The van der Waals surface area contributed by atoms with Crippen molar-refractivity contribution in [1.29, 1.82) is 0 Å². The summed E-state index contributed by atoms with van der Waals surface area (Å²) in [7, 11) is 0. The summed E-state index contributed by atoms with van der Waals surface area (Å²) >= 11 is 0. The Morgan fingerprint density at radius 3 is 2.88 bits per heavy atom. The molecule has 25 heavy (non-hydrogen) atoms. The van der Waals surface area contributed by atoms with Gasteiger partial charge in [0, 0.05) is 24.2 Å². The van der Waals surface area contributed by atoms with E-state index in [1.807, 2.05) is 24.3 Å². The Balaban J connectivity index is 1.44. The molecule has 7 heteroatoms. The van der Waals surface area contributed by atoms with Gasteiger partial charge in [-0.15, -0.1) is 0 Å². The molecule has 1 aliphatic rings. The maximum atomic E-state index is 12.2. The molecule has 126 valence electrons. The second-order valence-electron chi connectivity index (χ2n) is 5.74. The minimum atomic E-state index is -0.750. The summed E-state index contributed by atoms with van der Waals surface area (Å²) in [5.74, 6) is -0.213. The van der Waals surface area contributed by atoms with E-state index in [2.05, 4.69) is 15.6 Å². The zero-order chi connectivity index (χ0) is 17.4. The highest BCUT2D eigenvalue weighted by molar-refractivity contribution is 6.39. The molecule has 2 heterocycles. The Morgan fingerprint density at radius 1 is 1.16 bits per heavy atom. The lowest BCUT2D eigenvalue weighted by atomic mass is 10.1. The van der Waals surface area contributed by atoms with Crippen LogP contribution >= 0.6 is 0 Å². The second kappa shape index (κ2) is 5.94. The van der Waals surface area contributed by atoms with Crippen LogP contribution in [0.1, 0.15) is 17.5 Å². The van der Waals surface area contributed by atoms with Crippen LogP contribution in [-0.4, -0.2) is 23.4 Å². The monoisotopic (exact) mass is 337 g/mol. The predicted molar refractivity (Wildman–Crippen MR) is 90.2 cm³/mol. The number of oxazole rings is 1. The summed E-state index contributed by atoms with van der Waals surface area (Å²) in [6.07, 6.45) is 0. The summed E-state index contributed by atoms with van der Waals surface area (Å²) in [6.45, 7) is 2.05. The first-order valence-electron chi connectivity index (χ1n) is 7.81. The van der Waals surface area contributed by atoms with Crippen LogP contribution in [0.3, 0.4) is 0 Å². The van der Waals surface area contributed by atoms with E-state index in [1.54, 1.807) is 25.1 Å². The number of hydrogen-bond acceptors (Lipinski definition) is 5. The van der Waals surface area contributed by atoms with E-state index in [0.29, 0.717) is 29.3 Å². The van der Waals surface area contributed by atoms with E-state index >= 15 is 0 Å². The third kappa shape index (κ3) is 2.91. The number of fused-ring (bicyclic) bond motifs is 2. The summed E-state index contributed by atoms with van der Waals surface area (Å²) in [5, 5.41) is 5.25. The van der Waals surface area contributed by atoms with Gasteiger partial charge in [-0.25, -0.2) is 4.98 Å². The second-order valence-corrected chi connectivity index (χ2v) is 5.74. The number of benzene rings is 2. The average molecular weight is 337 g/mol. The number of aromatic nitrogens is 1. The lowest BCUT2D eigenvalue weighted by molar-refractivity contribution is -0.136. The van der Waals surface area contributed by atoms with Crippen molar-refractivity contribution in [1.82, 2.24) is 10.3 Å². The number of nitrogens with zero attached hydrogens (tertiary/aromatic N) is 1. The van der Waals surface area contributed by atoms with Crippen LogP contribution in [0.25, 0.3) is 11.1 Å². The van der Waals surface area contributed by atoms with E-state index in [0.717, 1.165) is 11.3 Å². The van der Waals surface area contributed by atoms with Gasteiger partial charge in [0.25, 0.3) is 0 Å². The average Bonchev–Trinajstić information content (AvgIpc) is 3.17. The molecule has 1 aliphatic heterocycles. The number of amides is 2. The minimum Gasteiger partial charge on any atom is -0.491 e. The van der Waals surface area contributed by atoms with Gasteiger partial charge in [-0.1, -0.05) is 18.2 Å². The smallest absolute Gasteiger partial charge is 0.313 e. The fraction of sp³-hybridized carbons (Fsp3) is 0.167. The molecular formula is C18H15N3O4. The molecule has 2 aromatic carbocycles. The molecule has 3 aromatic rings. The summed E-state index contributed by atoms with van der Waals surface area (Å²) in [5.41, 5.74) is 2.57. The molecule has 7 nitrogen and oxygen atoms in total. The van der Waals surface area contributed by atoms with Gasteiger partial charge >= 0.3 is 11.8 Å². The molecule has 0 saturated carbocycles. The molecule has 1 atom stereocenters. The Hall–Kier alpha value is -3.35. The van der Waals surface area contributed by atoms with Gasteiger partial charge in [0.2, 0.25) is 0 Å². The first-order valence-corrected chi connectivity index (χ1v) is 7.81. The van der Waals surface area contributed by atoms with E-state index in [1.165, 1.54) is 0 Å². The number of para-hydroxylation sites is 1. The molecule has 0 spiro atoms. The number of hydrogen-bond donors (Lipinski definition) is 2. The van der Waals surface area contributed by atoms with Crippen molar-refractivity contribution in [2.45, 2.75) is 13.0 Å². The highest BCUT2D eigenvalue weighted by Gasteiger charge is 2.27. The number of carbonyl (C=O) groups excluding carboxylic acids is 2. The maximum Gasteiger partial charge on any atom is 0.313 e. The largest absolute Gasteiger partial charge is 0.491 e. The van der Waals surface area contributed by atoms with Crippen molar-refractivity contribution >= 4 is 28.6 Å². The topological polar surface area (TPSA) is 93.5 Å². The fourth-order valence-electron chi connectivity index (χ4n) is 2.81. The lowest BCUT2D eigenvalue weighted by Crippen LogP contribution is -2.38. The molecular weight excluding hydrogens is 322 g/mol. The van der Waals surface area contributed by atoms with Crippen LogP contribution < -0.4 is 15.4 Å². The van der Waals surface area contributed by atoms with Crippen LogP contribution in [0.5, 0.6) is 5.75 Å². The quantitative estimate of drug-likeness (QED) is 0.700. The van der Waals surface area contributed by atoms with Gasteiger partial charge in [0.15, 0.2) is 11.5 Å². The van der Waals surface area contributed by atoms with Crippen molar-refractivity contribution in [2.75, 3.05) is 11.9 Å². The van der Waals surface area contributed by atoms with E-state index < -0.39 is 11.8 Å². The van der Waals surface area contributed by atoms with Crippen LogP contribution in [0.2, 0.25) is 0 Å².